The zero-order chi connectivity index (χ0) is 20.9. The van der Waals surface area contributed by atoms with Gasteiger partial charge in [-0.05, 0) is 30.9 Å². The predicted molar refractivity (Wildman–Crippen MR) is 92.2 cm³/mol. The Morgan fingerprint density at radius 3 is 2.45 bits per heavy atom. The number of alkyl halides is 3. The molecule has 158 valence electrons. The average molecular weight is 418 g/mol. The Hall–Kier alpha value is -2.07. The highest BCUT2D eigenvalue weighted by molar-refractivity contribution is 5.27. The summed E-state index contributed by atoms with van der Waals surface area (Å²) in [4.78, 5) is 2.05. The van der Waals surface area contributed by atoms with Crippen molar-refractivity contribution in [2.75, 3.05) is 0 Å². The van der Waals surface area contributed by atoms with E-state index in [9.17, 15) is 26.3 Å². The number of hydrogen-bond acceptors (Lipinski definition) is 3. The van der Waals surface area contributed by atoms with Gasteiger partial charge in [0.25, 0.3) is 0 Å². The Morgan fingerprint density at radius 1 is 1.03 bits per heavy atom. The monoisotopic (exact) mass is 418 g/mol. The van der Waals surface area contributed by atoms with Crippen molar-refractivity contribution < 1.29 is 26.3 Å². The van der Waals surface area contributed by atoms with E-state index in [1.54, 1.807) is 0 Å². The van der Waals surface area contributed by atoms with Crippen molar-refractivity contribution in [3.05, 3.63) is 52.6 Å². The Kier molecular flexibility index (Phi) is 5.10. The van der Waals surface area contributed by atoms with Gasteiger partial charge in [-0.1, -0.05) is 0 Å². The van der Waals surface area contributed by atoms with Crippen molar-refractivity contribution in [2.45, 2.75) is 63.1 Å². The van der Waals surface area contributed by atoms with E-state index in [0.29, 0.717) is 44.1 Å². The Morgan fingerprint density at radius 2 is 1.76 bits per heavy atom. The van der Waals surface area contributed by atoms with E-state index in [1.807, 2.05) is 0 Å². The molecule has 1 aromatic carbocycles. The normalized spacial score (nSPS) is 25.4. The third kappa shape index (κ3) is 4.00. The lowest BCUT2D eigenvalue weighted by atomic mass is 9.77. The van der Waals surface area contributed by atoms with Crippen molar-refractivity contribution in [1.29, 1.82) is 0 Å². The molecular weight excluding hydrogens is 398 g/mol. The molecule has 4 rings (SSSR count). The molecule has 2 aliphatic rings. The van der Waals surface area contributed by atoms with Crippen molar-refractivity contribution in [3.63, 3.8) is 0 Å². The van der Waals surface area contributed by atoms with Gasteiger partial charge in [0.1, 0.15) is 12.4 Å². The van der Waals surface area contributed by atoms with E-state index in [1.165, 1.54) is 6.20 Å². The maximum Gasteiger partial charge on any atom is 0.408 e. The molecule has 1 aliphatic carbocycles. The summed E-state index contributed by atoms with van der Waals surface area (Å²) >= 11 is 0. The molecule has 10 heteroatoms. The number of fused-ring (bicyclic) bond motifs is 1. The Balaban J connectivity index is 1.44. The van der Waals surface area contributed by atoms with Crippen LogP contribution in [0.3, 0.4) is 0 Å². The highest BCUT2D eigenvalue weighted by atomic mass is 19.4. The van der Waals surface area contributed by atoms with Gasteiger partial charge in [-0.2, -0.15) is 18.3 Å². The lowest BCUT2D eigenvalue weighted by molar-refractivity contribution is -0.143. The summed E-state index contributed by atoms with van der Waals surface area (Å²) in [5, 5.41) is 3.83. The van der Waals surface area contributed by atoms with Crippen LogP contribution in [-0.2, 0) is 19.6 Å². The number of rotatable bonds is 3. The quantitative estimate of drug-likeness (QED) is 0.609. The lowest BCUT2D eigenvalue weighted by Gasteiger charge is -2.38. The fraction of sp³-hybridized carbons (Fsp3) is 0.526. The third-order valence-electron chi connectivity index (χ3n) is 5.92. The largest absolute Gasteiger partial charge is 0.408 e. The van der Waals surface area contributed by atoms with Gasteiger partial charge in [-0.15, -0.1) is 0 Å². The molecule has 1 aromatic heterocycles. The van der Waals surface area contributed by atoms with E-state index < -0.39 is 42.1 Å². The van der Waals surface area contributed by atoms with Crippen molar-refractivity contribution in [1.82, 2.24) is 14.7 Å². The highest BCUT2D eigenvalue weighted by Gasteiger charge is 2.38. The van der Waals surface area contributed by atoms with E-state index in [2.05, 4.69) is 10.00 Å². The standard InChI is InChI=1S/C19H20F6N4/c20-14-5-16(22)15(21)4-13(14)12-2-1-11(3-17(12)26)28-7-10-6-27-29(18(10)8-28)9-19(23,24)25/h4-6,11-12,17H,1-3,7-9,26H2/t11-,12+,17-/m0/s1. The molecule has 0 amide bonds. The van der Waals surface area contributed by atoms with Crippen LogP contribution in [0, 0.1) is 17.5 Å². The lowest BCUT2D eigenvalue weighted by Crippen LogP contribution is -2.44. The number of aromatic nitrogens is 2. The van der Waals surface area contributed by atoms with Gasteiger partial charge in [0.2, 0.25) is 0 Å². The average Bonchev–Trinajstić information content (AvgIpc) is 3.19. The van der Waals surface area contributed by atoms with Crippen LogP contribution in [0.5, 0.6) is 0 Å². The van der Waals surface area contributed by atoms with Gasteiger partial charge >= 0.3 is 6.18 Å². The van der Waals surface area contributed by atoms with Gasteiger partial charge in [0.15, 0.2) is 11.6 Å². The van der Waals surface area contributed by atoms with Crippen LogP contribution in [0.4, 0.5) is 26.3 Å². The third-order valence-corrected chi connectivity index (χ3v) is 5.92. The fourth-order valence-electron chi connectivity index (χ4n) is 4.52. The topological polar surface area (TPSA) is 47.1 Å². The van der Waals surface area contributed by atoms with Gasteiger partial charge in [-0.25, -0.2) is 13.2 Å². The van der Waals surface area contributed by atoms with E-state index in [0.717, 1.165) is 16.3 Å². The molecular formula is C19H20F6N4. The Bertz CT molecular complexity index is 909. The maximum absolute atomic E-state index is 14.1. The van der Waals surface area contributed by atoms with Crippen LogP contribution in [0.15, 0.2) is 18.3 Å². The molecule has 1 fully saturated rings. The van der Waals surface area contributed by atoms with Crippen LogP contribution in [0.2, 0.25) is 0 Å². The zero-order valence-electron chi connectivity index (χ0n) is 15.4. The van der Waals surface area contributed by atoms with Crippen molar-refractivity contribution >= 4 is 0 Å². The summed E-state index contributed by atoms with van der Waals surface area (Å²) in [6, 6.07) is 0.949. The summed E-state index contributed by atoms with van der Waals surface area (Å²) in [5.41, 5.74) is 7.62. The number of nitrogens with two attached hydrogens (primary N) is 1. The van der Waals surface area contributed by atoms with E-state index in [4.69, 9.17) is 5.73 Å². The van der Waals surface area contributed by atoms with Crippen molar-refractivity contribution in [3.8, 4) is 0 Å². The summed E-state index contributed by atoms with van der Waals surface area (Å²) < 4.78 is 80.0. The van der Waals surface area contributed by atoms with Gasteiger partial charge in [0.05, 0.1) is 11.9 Å². The van der Waals surface area contributed by atoms with Gasteiger partial charge in [-0.3, -0.25) is 9.58 Å². The summed E-state index contributed by atoms with van der Waals surface area (Å²) in [7, 11) is 0. The van der Waals surface area contributed by atoms with E-state index >= 15 is 0 Å². The molecule has 0 spiro atoms. The number of halogens is 6. The number of hydrogen-bond donors (Lipinski definition) is 1. The van der Waals surface area contributed by atoms with Gasteiger partial charge in [0, 0.05) is 42.7 Å². The number of nitrogens with zero attached hydrogens (tertiary/aromatic N) is 3. The van der Waals surface area contributed by atoms with Gasteiger partial charge < -0.3 is 5.73 Å². The highest BCUT2D eigenvalue weighted by Crippen LogP contribution is 2.38. The molecule has 4 nitrogen and oxygen atoms in total. The molecule has 1 saturated carbocycles. The molecule has 3 atom stereocenters. The number of benzene rings is 1. The molecule has 2 aromatic rings. The smallest absolute Gasteiger partial charge is 0.327 e. The van der Waals surface area contributed by atoms with Crippen LogP contribution < -0.4 is 5.73 Å². The molecule has 0 unspecified atom stereocenters. The minimum atomic E-state index is -4.35. The molecule has 29 heavy (non-hydrogen) atoms. The second-order valence-electron chi connectivity index (χ2n) is 7.82. The summed E-state index contributed by atoms with van der Waals surface area (Å²) in [6.45, 7) is -0.306. The molecule has 2 heterocycles. The molecule has 0 saturated heterocycles. The summed E-state index contributed by atoms with van der Waals surface area (Å²) in [6.07, 6.45) is -1.28. The second-order valence-corrected chi connectivity index (χ2v) is 7.82. The maximum atomic E-state index is 14.1. The van der Waals surface area contributed by atoms with Crippen LogP contribution >= 0.6 is 0 Å². The van der Waals surface area contributed by atoms with Crippen molar-refractivity contribution in [2.24, 2.45) is 5.73 Å². The summed E-state index contributed by atoms with van der Waals surface area (Å²) in [5.74, 6) is -3.60. The molecule has 0 bridgehead atoms. The first kappa shape index (κ1) is 20.2. The molecule has 0 radical (unpaired) electrons. The first-order valence-corrected chi connectivity index (χ1v) is 9.36. The first-order valence-electron chi connectivity index (χ1n) is 9.36. The van der Waals surface area contributed by atoms with Crippen LogP contribution in [0.25, 0.3) is 0 Å². The van der Waals surface area contributed by atoms with Crippen LogP contribution in [0.1, 0.15) is 42.0 Å². The molecule has 2 N–H and O–H groups in total. The second kappa shape index (κ2) is 7.32. The zero-order valence-corrected chi connectivity index (χ0v) is 15.4. The molecule has 1 aliphatic heterocycles. The van der Waals surface area contributed by atoms with E-state index in [-0.39, 0.29) is 11.6 Å². The minimum absolute atomic E-state index is 0.0151. The van der Waals surface area contributed by atoms with Crippen LogP contribution in [-0.4, -0.2) is 32.9 Å². The minimum Gasteiger partial charge on any atom is -0.327 e. The Labute approximate surface area is 163 Å². The predicted octanol–water partition coefficient (Wildman–Crippen LogP) is 3.84. The SMILES string of the molecule is N[C@H]1C[C@@H](N2Cc3cnn(CC(F)(F)F)c3C2)CC[C@@H]1c1cc(F)c(F)cc1F. The first-order chi connectivity index (χ1) is 13.6. The fourth-order valence-corrected chi connectivity index (χ4v) is 4.52.